The Morgan fingerprint density at radius 1 is 1.30 bits per heavy atom. The average Bonchev–Trinajstić information content (AvgIpc) is 2.48. The van der Waals surface area contributed by atoms with E-state index in [0.717, 1.165) is 28.1 Å². The first-order valence-electron chi connectivity index (χ1n) is 7.71. The van der Waals surface area contributed by atoms with Gasteiger partial charge in [-0.15, -0.1) is 0 Å². The van der Waals surface area contributed by atoms with E-state index in [1.807, 2.05) is 0 Å². The molecular formula is C17H26BrNO. The summed E-state index contributed by atoms with van der Waals surface area (Å²) < 4.78 is 6.61. The molecular weight excluding hydrogens is 314 g/mol. The van der Waals surface area contributed by atoms with E-state index in [1.165, 1.54) is 44.1 Å². The van der Waals surface area contributed by atoms with Gasteiger partial charge < -0.3 is 10.5 Å². The van der Waals surface area contributed by atoms with Gasteiger partial charge in [-0.3, -0.25) is 0 Å². The summed E-state index contributed by atoms with van der Waals surface area (Å²) in [5, 5.41) is 0. The quantitative estimate of drug-likeness (QED) is 0.807. The third kappa shape index (κ3) is 3.98. The lowest BCUT2D eigenvalue weighted by Gasteiger charge is -2.24. The molecule has 0 bridgehead atoms. The van der Waals surface area contributed by atoms with Crippen molar-refractivity contribution < 1.29 is 4.74 Å². The SMILES string of the molecule is COc1cc(C)c(Br)cc1C(N)CCC1CCCCC1. The summed E-state index contributed by atoms with van der Waals surface area (Å²) >= 11 is 3.59. The van der Waals surface area contributed by atoms with E-state index in [2.05, 4.69) is 35.0 Å². The molecule has 1 unspecified atom stereocenters. The number of hydrogen-bond acceptors (Lipinski definition) is 2. The molecule has 0 aliphatic heterocycles. The molecule has 2 rings (SSSR count). The van der Waals surface area contributed by atoms with Gasteiger partial charge in [0.2, 0.25) is 0 Å². The molecule has 20 heavy (non-hydrogen) atoms. The summed E-state index contributed by atoms with van der Waals surface area (Å²) in [6, 6.07) is 4.27. The van der Waals surface area contributed by atoms with Gasteiger partial charge in [0, 0.05) is 16.1 Å². The molecule has 1 aromatic carbocycles. The van der Waals surface area contributed by atoms with E-state index in [9.17, 15) is 0 Å². The predicted molar refractivity (Wildman–Crippen MR) is 88.2 cm³/mol. The summed E-state index contributed by atoms with van der Waals surface area (Å²) in [6.45, 7) is 2.07. The lowest BCUT2D eigenvalue weighted by Crippen LogP contribution is -2.15. The highest BCUT2D eigenvalue weighted by Gasteiger charge is 2.18. The van der Waals surface area contributed by atoms with Crippen LogP contribution >= 0.6 is 15.9 Å². The van der Waals surface area contributed by atoms with Gasteiger partial charge in [0.1, 0.15) is 5.75 Å². The first kappa shape index (κ1) is 15.8. The van der Waals surface area contributed by atoms with E-state index in [0.29, 0.717) is 0 Å². The third-order valence-electron chi connectivity index (χ3n) is 4.52. The van der Waals surface area contributed by atoms with Crippen molar-refractivity contribution in [1.29, 1.82) is 0 Å². The maximum absolute atomic E-state index is 6.41. The molecule has 1 aliphatic rings. The first-order valence-corrected chi connectivity index (χ1v) is 8.50. The van der Waals surface area contributed by atoms with Gasteiger partial charge in [-0.1, -0.05) is 48.0 Å². The van der Waals surface area contributed by atoms with Crippen LogP contribution in [0.25, 0.3) is 0 Å². The number of benzene rings is 1. The minimum absolute atomic E-state index is 0.0729. The van der Waals surface area contributed by atoms with E-state index in [4.69, 9.17) is 10.5 Å². The molecule has 3 heteroatoms. The van der Waals surface area contributed by atoms with Gasteiger partial charge in [0.05, 0.1) is 7.11 Å². The Bertz CT molecular complexity index is 441. The average molecular weight is 340 g/mol. The second-order valence-electron chi connectivity index (χ2n) is 6.03. The fraction of sp³-hybridized carbons (Fsp3) is 0.647. The van der Waals surface area contributed by atoms with Gasteiger partial charge in [-0.05, 0) is 43.4 Å². The Kier molecular flexibility index (Phi) is 5.91. The number of methoxy groups -OCH3 is 1. The molecule has 0 aromatic heterocycles. The molecule has 112 valence electrons. The van der Waals surface area contributed by atoms with Crippen LogP contribution in [-0.2, 0) is 0 Å². The number of aryl methyl sites for hydroxylation is 1. The fourth-order valence-corrected chi connectivity index (χ4v) is 3.54. The Balaban J connectivity index is 2.00. The van der Waals surface area contributed by atoms with Gasteiger partial charge in [0.25, 0.3) is 0 Å². The molecule has 0 spiro atoms. The second-order valence-corrected chi connectivity index (χ2v) is 6.89. The van der Waals surface area contributed by atoms with Crippen molar-refractivity contribution in [3.05, 3.63) is 27.7 Å². The Hall–Kier alpha value is -0.540. The third-order valence-corrected chi connectivity index (χ3v) is 5.38. The highest BCUT2D eigenvalue weighted by molar-refractivity contribution is 9.10. The molecule has 2 N–H and O–H groups in total. The minimum Gasteiger partial charge on any atom is -0.496 e. The van der Waals surface area contributed by atoms with Crippen molar-refractivity contribution in [2.75, 3.05) is 7.11 Å². The lowest BCUT2D eigenvalue weighted by molar-refractivity contribution is 0.322. The summed E-state index contributed by atoms with van der Waals surface area (Å²) in [7, 11) is 1.72. The van der Waals surface area contributed by atoms with Crippen molar-refractivity contribution in [3.8, 4) is 5.75 Å². The number of hydrogen-bond donors (Lipinski definition) is 1. The largest absolute Gasteiger partial charge is 0.496 e. The van der Waals surface area contributed by atoms with Crippen LogP contribution in [0.2, 0.25) is 0 Å². The zero-order valence-corrected chi connectivity index (χ0v) is 14.2. The number of halogens is 1. The number of ether oxygens (including phenoxy) is 1. The van der Waals surface area contributed by atoms with Gasteiger partial charge in [-0.2, -0.15) is 0 Å². The van der Waals surface area contributed by atoms with E-state index in [1.54, 1.807) is 7.11 Å². The minimum atomic E-state index is 0.0729. The van der Waals surface area contributed by atoms with Gasteiger partial charge in [-0.25, -0.2) is 0 Å². The van der Waals surface area contributed by atoms with Crippen LogP contribution in [0.3, 0.4) is 0 Å². The molecule has 1 atom stereocenters. The molecule has 0 saturated heterocycles. The summed E-state index contributed by atoms with van der Waals surface area (Å²) in [5.74, 6) is 1.80. The molecule has 0 radical (unpaired) electrons. The van der Waals surface area contributed by atoms with Crippen LogP contribution in [0, 0.1) is 12.8 Å². The molecule has 0 amide bonds. The van der Waals surface area contributed by atoms with Crippen molar-refractivity contribution in [3.63, 3.8) is 0 Å². The first-order chi connectivity index (χ1) is 9.61. The summed E-state index contributed by atoms with van der Waals surface area (Å²) in [5.41, 5.74) is 8.72. The number of rotatable bonds is 5. The maximum Gasteiger partial charge on any atom is 0.123 e. The highest BCUT2D eigenvalue weighted by Crippen LogP contribution is 2.34. The number of nitrogens with two attached hydrogens (primary N) is 1. The van der Waals surface area contributed by atoms with Crippen LogP contribution in [0.5, 0.6) is 5.75 Å². The van der Waals surface area contributed by atoms with E-state index >= 15 is 0 Å². The van der Waals surface area contributed by atoms with Crippen LogP contribution in [0.4, 0.5) is 0 Å². The summed E-state index contributed by atoms with van der Waals surface area (Å²) in [6.07, 6.45) is 9.30. The zero-order chi connectivity index (χ0) is 14.5. The molecule has 2 nitrogen and oxygen atoms in total. The Morgan fingerprint density at radius 3 is 2.65 bits per heavy atom. The van der Waals surface area contributed by atoms with Crippen LogP contribution < -0.4 is 10.5 Å². The van der Waals surface area contributed by atoms with Gasteiger partial charge >= 0.3 is 0 Å². The topological polar surface area (TPSA) is 35.2 Å². The molecule has 0 heterocycles. The van der Waals surface area contributed by atoms with E-state index in [-0.39, 0.29) is 6.04 Å². The predicted octanol–water partition coefficient (Wildman–Crippen LogP) is 5.13. The standard InChI is InChI=1S/C17H26BrNO/c1-12-10-17(20-2)14(11-15(12)18)16(19)9-8-13-6-4-3-5-7-13/h10-11,13,16H,3-9,19H2,1-2H3. The van der Waals surface area contributed by atoms with Crippen LogP contribution in [-0.4, -0.2) is 7.11 Å². The normalized spacial score (nSPS) is 18.0. The van der Waals surface area contributed by atoms with Crippen LogP contribution in [0.15, 0.2) is 16.6 Å². The summed E-state index contributed by atoms with van der Waals surface area (Å²) in [4.78, 5) is 0. The smallest absolute Gasteiger partial charge is 0.123 e. The maximum atomic E-state index is 6.41. The van der Waals surface area contributed by atoms with Crippen LogP contribution in [0.1, 0.15) is 62.1 Å². The molecule has 1 aromatic rings. The van der Waals surface area contributed by atoms with Gasteiger partial charge in [0.15, 0.2) is 0 Å². The van der Waals surface area contributed by atoms with E-state index < -0.39 is 0 Å². The second kappa shape index (κ2) is 7.46. The molecule has 1 saturated carbocycles. The van der Waals surface area contributed by atoms with Crippen molar-refractivity contribution in [2.45, 2.75) is 57.9 Å². The fourth-order valence-electron chi connectivity index (χ4n) is 3.18. The monoisotopic (exact) mass is 339 g/mol. The zero-order valence-electron chi connectivity index (χ0n) is 12.6. The van der Waals surface area contributed by atoms with Crippen molar-refractivity contribution in [1.82, 2.24) is 0 Å². The van der Waals surface area contributed by atoms with Crippen molar-refractivity contribution in [2.24, 2.45) is 11.7 Å². The lowest BCUT2D eigenvalue weighted by atomic mass is 9.84. The molecule has 1 aliphatic carbocycles. The van der Waals surface area contributed by atoms with Crippen molar-refractivity contribution >= 4 is 15.9 Å². The Labute approximate surface area is 131 Å². The molecule has 1 fully saturated rings. The highest BCUT2D eigenvalue weighted by atomic mass is 79.9. The Morgan fingerprint density at radius 2 is 2.00 bits per heavy atom.